The van der Waals surface area contributed by atoms with Gasteiger partial charge in [0.25, 0.3) is 6.43 Å². The van der Waals surface area contributed by atoms with E-state index in [1.54, 1.807) is 20.8 Å². The van der Waals surface area contributed by atoms with Crippen LogP contribution in [0.3, 0.4) is 0 Å². The standard InChI is InChI=1S/C10H11ClF2N2O/c1-10(2,3)6(16)5-4-14-9(8(12)13)15-7(5)11/h4,8H,1-3H3. The summed E-state index contributed by atoms with van der Waals surface area (Å²) in [6.07, 6.45) is -1.75. The van der Waals surface area contributed by atoms with Crippen LogP contribution in [0.25, 0.3) is 0 Å². The third-order valence-corrected chi connectivity index (χ3v) is 2.17. The molecule has 0 aromatic carbocycles. The molecule has 0 unspecified atom stereocenters. The highest BCUT2D eigenvalue weighted by Crippen LogP contribution is 2.25. The second-order valence-corrected chi connectivity index (χ2v) is 4.67. The fraction of sp³-hybridized carbons (Fsp3) is 0.500. The maximum Gasteiger partial charge on any atom is 0.297 e. The third kappa shape index (κ3) is 2.72. The highest BCUT2D eigenvalue weighted by molar-refractivity contribution is 6.32. The molecule has 6 heteroatoms. The predicted molar refractivity (Wildman–Crippen MR) is 55.8 cm³/mol. The van der Waals surface area contributed by atoms with Gasteiger partial charge in [0.05, 0.1) is 5.56 Å². The van der Waals surface area contributed by atoms with Gasteiger partial charge in [-0.1, -0.05) is 32.4 Å². The highest BCUT2D eigenvalue weighted by Gasteiger charge is 2.26. The lowest BCUT2D eigenvalue weighted by Crippen LogP contribution is -2.21. The number of Topliss-reactive ketones (excluding diaryl/α,β-unsaturated/α-hetero) is 1. The Morgan fingerprint density at radius 2 is 2.00 bits per heavy atom. The molecule has 16 heavy (non-hydrogen) atoms. The molecule has 0 aliphatic rings. The zero-order valence-corrected chi connectivity index (χ0v) is 9.85. The SMILES string of the molecule is CC(C)(C)C(=O)c1cnc(C(F)F)nc1Cl. The molecule has 1 aromatic heterocycles. The molecular weight excluding hydrogens is 238 g/mol. The molecule has 0 amide bonds. The van der Waals surface area contributed by atoms with E-state index in [1.165, 1.54) is 0 Å². The molecule has 0 atom stereocenters. The van der Waals surface area contributed by atoms with Gasteiger partial charge in [-0.25, -0.2) is 18.7 Å². The van der Waals surface area contributed by atoms with Crippen molar-refractivity contribution in [1.82, 2.24) is 9.97 Å². The Morgan fingerprint density at radius 3 is 2.38 bits per heavy atom. The fourth-order valence-electron chi connectivity index (χ4n) is 1.04. The first-order valence-corrected chi connectivity index (χ1v) is 4.96. The summed E-state index contributed by atoms with van der Waals surface area (Å²) in [4.78, 5) is 18.6. The molecule has 0 spiro atoms. The Balaban J connectivity index is 3.14. The summed E-state index contributed by atoms with van der Waals surface area (Å²) in [5.41, 5.74) is -0.585. The minimum atomic E-state index is -2.80. The first-order chi connectivity index (χ1) is 7.23. The lowest BCUT2D eigenvalue weighted by Gasteiger charge is -2.16. The molecule has 1 aromatic rings. The molecule has 0 aliphatic carbocycles. The van der Waals surface area contributed by atoms with Gasteiger partial charge < -0.3 is 0 Å². The summed E-state index contributed by atoms with van der Waals surface area (Å²) in [7, 11) is 0. The van der Waals surface area contributed by atoms with E-state index in [-0.39, 0.29) is 16.5 Å². The van der Waals surface area contributed by atoms with E-state index in [1.807, 2.05) is 0 Å². The van der Waals surface area contributed by atoms with Crippen molar-refractivity contribution >= 4 is 17.4 Å². The Kier molecular flexibility index (Phi) is 3.57. The van der Waals surface area contributed by atoms with Gasteiger partial charge in [-0.3, -0.25) is 4.79 Å². The number of alkyl halides is 2. The van der Waals surface area contributed by atoms with Crippen molar-refractivity contribution in [3.8, 4) is 0 Å². The summed E-state index contributed by atoms with van der Waals surface area (Å²) < 4.78 is 24.5. The number of aromatic nitrogens is 2. The average molecular weight is 249 g/mol. The van der Waals surface area contributed by atoms with E-state index in [0.29, 0.717) is 0 Å². The van der Waals surface area contributed by atoms with Crippen LogP contribution in [0, 0.1) is 5.41 Å². The smallest absolute Gasteiger partial charge is 0.293 e. The van der Waals surface area contributed by atoms with Gasteiger partial charge in [-0.2, -0.15) is 0 Å². The Morgan fingerprint density at radius 1 is 1.44 bits per heavy atom. The lowest BCUT2D eigenvalue weighted by atomic mass is 9.87. The summed E-state index contributed by atoms with van der Waals surface area (Å²) >= 11 is 5.67. The normalized spacial score (nSPS) is 11.9. The van der Waals surface area contributed by atoms with Gasteiger partial charge in [-0.05, 0) is 0 Å². The maximum atomic E-state index is 12.2. The quantitative estimate of drug-likeness (QED) is 0.596. The van der Waals surface area contributed by atoms with Crippen molar-refractivity contribution in [3.05, 3.63) is 22.7 Å². The van der Waals surface area contributed by atoms with E-state index >= 15 is 0 Å². The van der Waals surface area contributed by atoms with Crippen molar-refractivity contribution in [2.24, 2.45) is 5.41 Å². The number of carbonyl (C=O) groups is 1. The highest BCUT2D eigenvalue weighted by atomic mass is 35.5. The minimum Gasteiger partial charge on any atom is -0.293 e. The van der Waals surface area contributed by atoms with Crippen molar-refractivity contribution < 1.29 is 13.6 Å². The fourth-order valence-corrected chi connectivity index (χ4v) is 1.26. The van der Waals surface area contributed by atoms with Crippen molar-refractivity contribution in [3.63, 3.8) is 0 Å². The zero-order valence-electron chi connectivity index (χ0n) is 9.09. The van der Waals surface area contributed by atoms with Gasteiger partial charge in [0.15, 0.2) is 11.6 Å². The van der Waals surface area contributed by atoms with Crippen molar-refractivity contribution in [1.29, 1.82) is 0 Å². The predicted octanol–water partition coefficient (Wildman–Crippen LogP) is 3.30. The molecule has 3 nitrogen and oxygen atoms in total. The summed E-state index contributed by atoms with van der Waals surface area (Å²) in [5, 5.41) is -0.231. The molecule has 1 heterocycles. The van der Waals surface area contributed by atoms with Crippen LogP contribution in [-0.4, -0.2) is 15.8 Å². The van der Waals surface area contributed by atoms with E-state index < -0.39 is 17.7 Å². The Hall–Kier alpha value is -1.10. The summed E-state index contributed by atoms with van der Waals surface area (Å²) in [5.74, 6) is -0.950. The van der Waals surface area contributed by atoms with Crippen LogP contribution in [-0.2, 0) is 0 Å². The molecule has 1 rings (SSSR count). The molecular formula is C10H11ClF2N2O. The number of carbonyl (C=O) groups excluding carboxylic acids is 1. The maximum absolute atomic E-state index is 12.2. The van der Waals surface area contributed by atoms with Crippen LogP contribution >= 0.6 is 11.6 Å². The molecule has 0 radical (unpaired) electrons. The minimum absolute atomic E-state index is 0.0681. The summed E-state index contributed by atoms with van der Waals surface area (Å²) in [6, 6.07) is 0. The molecule has 0 N–H and O–H groups in total. The number of hydrogen-bond acceptors (Lipinski definition) is 3. The third-order valence-electron chi connectivity index (χ3n) is 1.88. The lowest BCUT2D eigenvalue weighted by molar-refractivity contribution is 0.0856. The van der Waals surface area contributed by atoms with E-state index in [9.17, 15) is 13.6 Å². The molecule has 0 aliphatic heterocycles. The van der Waals surface area contributed by atoms with Crippen LogP contribution < -0.4 is 0 Å². The van der Waals surface area contributed by atoms with Crippen LogP contribution in [0.15, 0.2) is 6.20 Å². The second-order valence-electron chi connectivity index (χ2n) is 4.31. The van der Waals surface area contributed by atoms with Gasteiger partial charge in [-0.15, -0.1) is 0 Å². The summed E-state index contributed by atoms with van der Waals surface area (Å²) in [6.45, 7) is 5.10. The Bertz CT molecular complexity index is 416. The average Bonchev–Trinajstić information content (AvgIpc) is 2.15. The number of nitrogens with zero attached hydrogens (tertiary/aromatic N) is 2. The zero-order chi connectivity index (χ0) is 12.5. The number of rotatable bonds is 2. The van der Waals surface area contributed by atoms with E-state index in [0.717, 1.165) is 6.20 Å². The monoisotopic (exact) mass is 248 g/mol. The van der Waals surface area contributed by atoms with Crippen molar-refractivity contribution in [2.45, 2.75) is 27.2 Å². The van der Waals surface area contributed by atoms with Gasteiger partial charge >= 0.3 is 0 Å². The first kappa shape index (κ1) is 13.0. The van der Waals surface area contributed by atoms with E-state index in [4.69, 9.17) is 11.6 Å². The van der Waals surface area contributed by atoms with Crippen LogP contribution in [0.4, 0.5) is 8.78 Å². The van der Waals surface area contributed by atoms with Gasteiger partial charge in [0.1, 0.15) is 5.15 Å². The van der Waals surface area contributed by atoms with Crippen LogP contribution in [0.1, 0.15) is 43.4 Å². The molecule has 88 valence electrons. The van der Waals surface area contributed by atoms with Crippen LogP contribution in [0.5, 0.6) is 0 Å². The van der Waals surface area contributed by atoms with E-state index in [2.05, 4.69) is 9.97 Å². The first-order valence-electron chi connectivity index (χ1n) is 4.59. The number of halogens is 3. The molecule has 0 bridgehead atoms. The topological polar surface area (TPSA) is 42.9 Å². The van der Waals surface area contributed by atoms with Crippen molar-refractivity contribution in [2.75, 3.05) is 0 Å². The molecule has 0 saturated carbocycles. The number of ketones is 1. The van der Waals surface area contributed by atoms with Gasteiger partial charge in [0.2, 0.25) is 0 Å². The van der Waals surface area contributed by atoms with Gasteiger partial charge in [0, 0.05) is 11.6 Å². The Labute approximate surface area is 96.9 Å². The second kappa shape index (κ2) is 4.41. The molecule has 0 fully saturated rings. The number of hydrogen-bond donors (Lipinski definition) is 0. The largest absolute Gasteiger partial charge is 0.297 e. The van der Waals surface area contributed by atoms with Crippen LogP contribution in [0.2, 0.25) is 5.15 Å². The molecule has 0 saturated heterocycles.